The minimum absolute atomic E-state index is 0.365. The number of piperidine rings is 1. The number of aliphatic carboxylic acids is 1. The topological polar surface area (TPSA) is 53.4 Å². The molecule has 1 aromatic heterocycles. The molecule has 4 nitrogen and oxygen atoms in total. The highest BCUT2D eigenvalue weighted by atomic mass is 32.1. The van der Waals surface area contributed by atoms with E-state index in [0.717, 1.165) is 36.3 Å². The van der Waals surface area contributed by atoms with Crippen LogP contribution in [-0.2, 0) is 11.3 Å². The summed E-state index contributed by atoms with van der Waals surface area (Å²) in [6, 6.07) is 7.70. The molecule has 112 valence electrons. The summed E-state index contributed by atoms with van der Waals surface area (Å²) in [5.41, 5.74) is 1.01. The van der Waals surface area contributed by atoms with Crippen LogP contribution in [0.2, 0.25) is 0 Å². The zero-order valence-corrected chi connectivity index (χ0v) is 13.0. The Kier molecular flexibility index (Phi) is 4.22. The average Bonchev–Trinajstić information content (AvgIpc) is 2.89. The Balaban J connectivity index is 1.77. The molecule has 0 spiro atoms. The highest BCUT2D eigenvalue weighted by Crippen LogP contribution is 2.29. The van der Waals surface area contributed by atoms with Crippen molar-refractivity contribution in [2.75, 3.05) is 6.54 Å². The van der Waals surface area contributed by atoms with Crippen molar-refractivity contribution in [1.82, 2.24) is 9.88 Å². The molecule has 0 saturated carbocycles. The van der Waals surface area contributed by atoms with Crippen LogP contribution in [0.3, 0.4) is 0 Å². The summed E-state index contributed by atoms with van der Waals surface area (Å²) in [5.74, 6) is -0.160. The van der Waals surface area contributed by atoms with Gasteiger partial charge < -0.3 is 5.11 Å². The summed E-state index contributed by atoms with van der Waals surface area (Å²) in [6.07, 6.45) is 2.92. The van der Waals surface area contributed by atoms with Crippen LogP contribution in [0.15, 0.2) is 24.3 Å². The fraction of sp³-hybridized carbons (Fsp3) is 0.500. The number of para-hydroxylation sites is 1. The summed E-state index contributed by atoms with van der Waals surface area (Å²) in [7, 11) is 0. The van der Waals surface area contributed by atoms with Crippen LogP contribution in [0, 0.1) is 5.92 Å². The number of likely N-dealkylation sites (tertiary alicyclic amines) is 1. The monoisotopic (exact) mass is 304 g/mol. The molecule has 0 radical (unpaired) electrons. The van der Waals surface area contributed by atoms with Crippen LogP contribution in [-0.4, -0.2) is 33.5 Å². The van der Waals surface area contributed by atoms with E-state index in [-0.39, 0.29) is 6.04 Å². The molecule has 2 heterocycles. The van der Waals surface area contributed by atoms with Gasteiger partial charge in [-0.15, -0.1) is 11.3 Å². The van der Waals surface area contributed by atoms with Gasteiger partial charge >= 0.3 is 5.97 Å². The number of carbonyl (C=O) groups is 1. The van der Waals surface area contributed by atoms with Crippen LogP contribution in [0.5, 0.6) is 0 Å². The highest BCUT2D eigenvalue weighted by molar-refractivity contribution is 7.18. The molecule has 5 heteroatoms. The van der Waals surface area contributed by atoms with Gasteiger partial charge in [0.1, 0.15) is 11.0 Å². The molecule has 0 aliphatic carbocycles. The van der Waals surface area contributed by atoms with E-state index in [0.29, 0.717) is 12.5 Å². The van der Waals surface area contributed by atoms with E-state index >= 15 is 0 Å². The van der Waals surface area contributed by atoms with Crippen molar-refractivity contribution in [3.63, 3.8) is 0 Å². The van der Waals surface area contributed by atoms with Gasteiger partial charge in [-0.25, -0.2) is 4.98 Å². The predicted octanol–water partition coefficient (Wildman–Crippen LogP) is 3.37. The van der Waals surface area contributed by atoms with Gasteiger partial charge in [0.25, 0.3) is 0 Å². The van der Waals surface area contributed by atoms with Gasteiger partial charge in [0.2, 0.25) is 0 Å². The molecule has 1 aliphatic heterocycles. The van der Waals surface area contributed by atoms with E-state index in [1.807, 2.05) is 18.2 Å². The maximum atomic E-state index is 11.5. The van der Waals surface area contributed by atoms with E-state index in [1.54, 1.807) is 11.3 Å². The number of nitrogens with zero attached hydrogens (tertiary/aromatic N) is 2. The normalized spacial score (nSPS) is 23.5. The molecule has 2 atom stereocenters. The second kappa shape index (κ2) is 6.12. The van der Waals surface area contributed by atoms with E-state index in [9.17, 15) is 9.90 Å². The summed E-state index contributed by atoms with van der Waals surface area (Å²) < 4.78 is 1.17. The number of benzene rings is 1. The number of fused-ring (bicyclic) bond motifs is 1. The van der Waals surface area contributed by atoms with E-state index in [4.69, 9.17) is 0 Å². The van der Waals surface area contributed by atoms with Gasteiger partial charge in [-0.3, -0.25) is 9.69 Å². The molecular formula is C16H20N2O2S. The highest BCUT2D eigenvalue weighted by Gasteiger charge is 2.33. The Morgan fingerprint density at radius 3 is 3.00 bits per heavy atom. The summed E-state index contributed by atoms with van der Waals surface area (Å²) in [5, 5.41) is 10.5. The molecule has 1 N–H and O–H groups in total. The number of carboxylic acids is 1. The number of thiazole rings is 1. The third kappa shape index (κ3) is 3.09. The van der Waals surface area contributed by atoms with Crippen molar-refractivity contribution in [1.29, 1.82) is 0 Å². The molecule has 21 heavy (non-hydrogen) atoms. The fourth-order valence-corrected chi connectivity index (χ4v) is 4.06. The predicted molar refractivity (Wildman–Crippen MR) is 84.5 cm³/mol. The Morgan fingerprint density at radius 1 is 1.48 bits per heavy atom. The van der Waals surface area contributed by atoms with E-state index in [1.165, 1.54) is 4.70 Å². The lowest BCUT2D eigenvalue weighted by molar-refractivity contribution is -0.145. The van der Waals surface area contributed by atoms with Gasteiger partial charge in [-0.1, -0.05) is 25.5 Å². The Bertz CT molecular complexity index is 607. The molecule has 1 saturated heterocycles. The molecule has 1 aliphatic rings. The fourth-order valence-electron chi connectivity index (χ4n) is 3.07. The van der Waals surface area contributed by atoms with Crippen molar-refractivity contribution >= 4 is 27.5 Å². The van der Waals surface area contributed by atoms with Crippen LogP contribution in [0.4, 0.5) is 0 Å². The molecule has 1 fully saturated rings. The third-order valence-corrected chi connectivity index (χ3v) is 5.38. The van der Waals surface area contributed by atoms with Gasteiger partial charge in [-0.2, -0.15) is 0 Å². The van der Waals surface area contributed by atoms with Crippen LogP contribution in [0.1, 0.15) is 31.2 Å². The second-order valence-electron chi connectivity index (χ2n) is 5.70. The molecular weight excluding hydrogens is 284 g/mol. The quantitative estimate of drug-likeness (QED) is 0.941. The Morgan fingerprint density at radius 2 is 2.29 bits per heavy atom. The lowest BCUT2D eigenvalue weighted by atomic mass is 9.89. The van der Waals surface area contributed by atoms with Crippen molar-refractivity contribution in [2.45, 2.75) is 38.8 Å². The maximum Gasteiger partial charge on any atom is 0.320 e. The number of hydrogen-bond acceptors (Lipinski definition) is 4. The summed E-state index contributed by atoms with van der Waals surface area (Å²) in [6.45, 7) is 3.64. The molecule has 1 aromatic carbocycles. The zero-order valence-electron chi connectivity index (χ0n) is 12.2. The third-order valence-electron chi connectivity index (χ3n) is 4.36. The summed E-state index contributed by atoms with van der Waals surface area (Å²) >= 11 is 1.67. The minimum Gasteiger partial charge on any atom is -0.480 e. The standard InChI is InChI=1S/C16H20N2O2S/c1-2-11-7-8-18(13(9-11)16(19)20)10-15-17-12-5-3-4-6-14(12)21-15/h3-6,11,13H,2,7-10H2,1H3,(H,19,20). The SMILES string of the molecule is CCC1CCN(Cc2nc3ccccc3s2)C(C(=O)O)C1. The van der Waals surface area contributed by atoms with Crippen molar-refractivity contribution < 1.29 is 9.90 Å². The number of hydrogen-bond donors (Lipinski definition) is 1. The molecule has 2 unspecified atom stereocenters. The maximum absolute atomic E-state index is 11.5. The number of carboxylic acid groups (broad SMARTS) is 1. The van der Waals surface area contributed by atoms with Crippen LogP contribution in [0.25, 0.3) is 10.2 Å². The first-order valence-electron chi connectivity index (χ1n) is 7.48. The average molecular weight is 304 g/mol. The largest absolute Gasteiger partial charge is 0.480 e. The zero-order chi connectivity index (χ0) is 14.8. The van der Waals surface area contributed by atoms with Gasteiger partial charge in [-0.05, 0) is 37.4 Å². The van der Waals surface area contributed by atoms with E-state index in [2.05, 4.69) is 22.9 Å². The first-order chi connectivity index (χ1) is 10.2. The first-order valence-corrected chi connectivity index (χ1v) is 8.30. The van der Waals surface area contributed by atoms with Gasteiger partial charge in [0.15, 0.2) is 0 Å². The lowest BCUT2D eigenvalue weighted by Gasteiger charge is -2.36. The lowest BCUT2D eigenvalue weighted by Crippen LogP contribution is -2.46. The molecule has 0 bridgehead atoms. The number of rotatable bonds is 4. The second-order valence-corrected chi connectivity index (χ2v) is 6.81. The molecule has 2 aromatic rings. The number of aromatic nitrogens is 1. The van der Waals surface area contributed by atoms with Crippen LogP contribution >= 0.6 is 11.3 Å². The molecule has 3 rings (SSSR count). The molecule has 0 amide bonds. The van der Waals surface area contributed by atoms with Crippen molar-refractivity contribution in [2.24, 2.45) is 5.92 Å². The first kappa shape index (κ1) is 14.5. The van der Waals surface area contributed by atoms with Gasteiger partial charge in [0, 0.05) is 0 Å². The van der Waals surface area contributed by atoms with Crippen molar-refractivity contribution in [3.05, 3.63) is 29.3 Å². The van der Waals surface area contributed by atoms with E-state index < -0.39 is 5.97 Å². The van der Waals surface area contributed by atoms with Crippen molar-refractivity contribution in [3.8, 4) is 0 Å². The van der Waals surface area contributed by atoms with Gasteiger partial charge in [0.05, 0.1) is 16.8 Å². The Labute approximate surface area is 128 Å². The minimum atomic E-state index is -0.700. The Hall–Kier alpha value is -1.46. The van der Waals surface area contributed by atoms with Crippen LogP contribution < -0.4 is 0 Å². The summed E-state index contributed by atoms with van der Waals surface area (Å²) in [4.78, 5) is 18.2. The smallest absolute Gasteiger partial charge is 0.320 e.